The first-order valence-electron chi connectivity index (χ1n) is 8.52. The monoisotopic (exact) mass is 489 g/mol. The highest BCUT2D eigenvalue weighted by Gasteiger charge is 2.11. The number of nitro groups is 1. The van der Waals surface area contributed by atoms with Crippen molar-refractivity contribution in [1.29, 1.82) is 0 Å². The number of hydrogen-bond acceptors (Lipinski definition) is 7. The zero-order chi connectivity index (χ0) is 21.7. The summed E-state index contributed by atoms with van der Waals surface area (Å²) < 4.78 is 11.3. The molecule has 0 aliphatic rings. The molecule has 1 amide bonds. The summed E-state index contributed by atoms with van der Waals surface area (Å²) in [5.74, 6) is 0.769. The standard InChI is InChI=1S/C20H16BrN3O5S/c1-28-17-10-12(9-15(21)19(17)29-2)3-8-18(25)23-20-22-16(11-30-20)13-4-6-14(7-5-13)24(26)27/h3-11H,1-2H3,(H,22,23,25). The summed E-state index contributed by atoms with van der Waals surface area (Å²) in [6.07, 6.45) is 3.04. The fourth-order valence-corrected chi connectivity index (χ4v) is 3.91. The van der Waals surface area contributed by atoms with E-state index >= 15 is 0 Å². The van der Waals surface area contributed by atoms with Crippen molar-refractivity contribution in [1.82, 2.24) is 4.98 Å². The minimum atomic E-state index is -0.459. The van der Waals surface area contributed by atoms with E-state index in [0.717, 1.165) is 11.1 Å². The molecule has 0 bridgehead atoms. The Bertz CT molecular complexity index is 1110. The zero-order valence-electron chi connectivity index (χ0n) is 15.9. The highest BCUT2D eigenvalue weighted by molar-refractivity contribution is 9.10. The molecule has 0 fully saturated rings. The quantitative estimate of drug-likeness (QED) is 0.279. The van der Waals surface area contributed by atoms with Crippen molar-refractivity contribution in [3.8, 4) is 22.8 Å². The number of amides is 1. The van der Waals surface area contributed by atoms with Crippen LogP contribution in [0.15, 0.2) is 52.3 Å². The van der Waals surface area contributed by atoms with Crippen molar-refractivity contribution >= 4 is 50.1 Å². The number of carbonyl (C=O) groups is 1. The van der Waals surface area contributed by atoms with E-state index in [4.69, 9.17) is 9.47 Å². The Balaban J connectivity index is 1.68. The molecule has 30 heavy (non-hydrogen) atoms. The fourth-order valence-electron chi connectivity index (χ4n) is 2.57. The normalized spacial score (nSPS) is 10.8. The van der Waals surface area contributed by atoms with Gasteiger partial charge in [0.15, 0.2) is 16.6 Å². The SMILES string of the molecule is COc1cc(C=CC(=O)Nc2nc(-c3ccc([N+](=O)[O-])cc3)cs2)cc(Br)c1OC. The summed E-state index contributed by atoms with van der Waals surface area (Å²) >= 11 is 4.68. The van der Waals surface area contributed by atoms with Crippen LogP contribution in [0.4, 0.5) is 10.8 Å². The number of anilines is 1. The van der Waals surface area contributed by atoms with Gasteiger partial charge < -0.3 is 9.47 Å². The number of nitro benzene ring substituents is 1. The average Bonchev–Trinajstić information content (AvgIpc) is 3.20. The first kappa shape index (κ1) is 21.5. The van der Waals surface area contributed by atoms with E-state index < -0.39 is 4.92 Å². The number of methoxy groups -OCH3 is 2. The molecule has 0 saturated heterocycles. The number of benzene rings is 2. The van der Waals surface area contributed by atoms with Gasteiger partial charge in [-0.3, -0.25) is 20.2 Å². The number of nitrogens with one attached hydrogen (secondary N) is 1. The van der Waals surface area contributed by atoms with E-state index in [1.807, 2.05) is 0 Å². The van der Waals surface area contributed by atoms with Gasteiger partial charge in [0.1, 0.15) is 0 Å². The summed E-state index contributed by atoms with van der Waals surface area (Å²) in [4.78, 5) is 26.9. The molecular weight excluding hydrogens is 474 g/mol. The molecule has 0 aliphatic heterocycles. The predicted octanol–water partition coefficient (Wildman–Crippen LogP) is 5.15. The van der Waals surface area contributed by atoms with E-state index in [9.17, 15) is 14.9 Å². The van der Waals surface area contributed by atoms with Gasteiger partial charge in [0.25, 0.3) is 5.69 Å². The number of non-ortho nitro benzene ring substituents is 1. The maximum absolute atomic E-state index is 12.2. The van der Waals surface area contributed by atoms with Gasteiger partial charge in [-0.05, 0) is 51.8 Å². The molecule has 8 nitrogen and oxygen atoms in total. The first-order chi connectivity index (χ1) is 14.4. The lowest BCUT2D eigenvalue weighted by Gasteiger charge is -2.10. The summed E-state index contributed by atoms with van der Waals surface area (Å²) in [5.41, 5.74) is 2.11. The number of carbonyl (C=O) groups excluding carboxylic acids is 1. The lowest BCUT2D eigenvalue weighted by Crippen LogP contribution is -2.07. The second kappa shape index (κ2) is 9.51. The molecule has 1 heterocycles. The van der Waals surface area contributed by atoms with Crippen molar-refractivity contribution in [3.63, 3.8) is 0 Å². The van der Waals surface area contributed by atoms with Gasteiger partial charge in [0.2, 0.25) is 5.91 Å². The maximum Gasteiger partial charge on any atom is 0.269 e. The number of hydrogen-bond donors (Lipinski definition) is 1. The lowest BCUT2D eigenvalue weighted by molar-refractivity contribution is -0.384. The minimum Gasteiger partial charge on any atom is -0.493 e. The van der Waals surface area contributed by atoms with Crippen LogP contribution in [0.3, 0.4) is 0 Å². The van der Waals surface area contributed by atoms with Crippen LogP contribution in [0.25, 0.3) is 17.3 Å². The van der Waals surface area contributed by atoms with E-state index in [0.29, 0.717) is 26.8 Å². The Labute approximate surface area is 184 Å². The Morgan fingerprint density at radius 1 is 1.23 bits per heavy atom. The third-order valence-electron chi connectivity index (χ3n) is 3.99. The van der Waals surface area contributed by atoms with Gasteiger partial charge in [0, 0.05) is 29.2 Å². The van der Waals surface area contributed by atoms with E-state index in [1.165, 1.54) is 36.7 Å². The largest absolute Gasteiger partial charge is 0.493 e. The molecule has 0 saturated carbocycles. The molecular formula is C20H16BrN3O5S. The van der Waals surface area contributed by atoms with Gasteiger partial charge in [-0.2, -0.15) is 0 Å². The minimum absolute atomic E-state index is 0.00874. The number of thiazole rings is 1. The van der Waals surface area contributed by atoms with Gasteiger partial charge in [0.05, 0.1) is 29.3 Å². The summed E-state index contributed by atoms with van der Waals surface area (Å²) in [6, 6.07) is 9.62. The Morgan fingerprint density at radius 3 is 2.60 bits per heavy atom. The predicted molar refractivity (Wildman–Crippen MR) is 119 cm³/mol. The van der Waals surface area contributed by atoms with E-state index in [-0.39, 0.29) is 11.6 Å². The third-order valence-corrected chi connectivity index (χ3v) is 5.34. The van der Waals surface area contributed by atoms with E-state index in [2.05, 4.69) is 26.2 Å². The molecule has 0 aliphatic carbocycles. The van der Waals surface area contributed by atoms with Gasteiger partial charge >= 0.3 is 0 Å². The van der Waals surface area contributed by atoms with E-state index in [1.54, 1.807) is 42.8 Å². The molecule has 3 rings (SSSR count). The molecule has 0 atom stereocenters. The van der Waals surface area contributed by atoms with Crippen molar-refractivity contribution in [2.45, 2.75) is 0 Å². The smallest absolute Gasteiger partial charge is 0.269 e. The van der Waals surface area contributed by atoms with Gasteiger partial charge in [-0.1, -0.05) is 0 Å². The lowest BCUT2D eigenvalue weighted by atomic mass is 10.1. The molecule has 1 aromatic heterocycles. The van der Waals surface area contributed by atoms with Crippen LogP contribution in [0.5, 0.6) is 11.5 Å². The molecule has 1 N–H and O–H groups in total. The number of aromatic nitrogens is 1. The second-order valence-electron chi connectivity index (χ2n) is 5.90. The fraction of sp³-hybridized carbons (Fsp3) is 0.100. The average molecular weight is 490 g/mol. The van der Waals surface area contributed by atoms with Crippen LogP contribution in [0.2, 0.25) is 0 Å². The number of ether oxygens (including phenoxy) is 2. The van der Waals surface area contributed by atoms with Gasteiger partial charge in [-0.15, -0.1) is 11.3 Å². The topological polar surface area (TPSA) is 104 Å². The molecule has 0 unspecified atom stereocenters. The van der Waals surface area contributed by atoms with Crippen LogP contribution in [0.1, 0.15) is 5.56 Å². The Kier molecular flexibility index (Phi) is 6.80. The van der Waals surface area contributed by atoms with Crippen LogP contribution < -0.4 is 14.8 Å². The van der Waals surface area contributed by atoms with Crippen LogP contribution in [-0.2, 0) is 4.79 Å². The highest BCUT2D eigenvalue weighted by atomic mass is 79.9. The molecule has 3 aromatic rings. The van der Waals surface area contributed by atoms with Crippen LogP contribution in [0, 0.1) is 10.1 Å². The van der Waals surface area contributed by atoms with Crippen molar-refractivity contribution < 1.29 is 19.2 Å². The molecule has 154 valence electrons. The molecule has 10 heteroatoms. The van der Waals surface area contributed by atoms with Crippen molar-refractivity contribution in [2.75, 3.05) is 19.5 Å². The molecule has 0 spiro atoms. The van der Waals surface area contributed by atoms with Gasteiger partial charge in [-0.25, -0.2) is 4.98 Å². The summed E-state index contributed by atoms with van der Waals surface area (Å²) in [6.45, 7) is 0. The number of halogens is 1. The third kappa shape index (κ3) is 5.02. The highest BCUT2D eigenvalue weighted by Crippen LogP contribution is 2.36. The Morgan fingerprint density at radius 2 is 1.97 bits per heavy atom. The number of rotatable bonds is 7. The summed E-state index contributed by atoms with van der Waals surface area (Å²) in [5, 5.41) is 15.6. The van der Waals surface area contributed by atoms with Crippen LogP contribution in [-0.4, -0.2) is 30.0 Å². The number of nitrogens with zero attached hydrogens (tertiary/aromatic N) is 2. The Hall–Kier alpha value is -3.24. The molecule has 2 aromatic carbocycles. The van der Waals surface area contributed by atoms with Crippen LogP contribution >= 0.6 is 27.3 Å². The maximum atomic E-state index is 12.2. The second-order valence-corrected chi connectivity index (χ2v) is 7.62. The molecule has 0 radical (unpaired) electrons. The van der Waals surface area contributed by atoms with Crippen molar-refractivity contribution in [3.05, 3.63) is 68.0 Å². The van der Waals surface area contributed by atoms with Crippen molar-refractivity contribution in [2.24, 2.45) is 0 Å². The zero-order valence-corrected chi connectivity index (χ0v) is 18.3. The first-order valence-corrected chi connectivity index (χ1v) is 10.2. The summed E-state index contributed by atoms with van der Waals surface area (Å²) in [7, 11) is 3.08.